The van der Waals surface area contributed by atoms with Crippen LogP contribution in [-0.4, -0.2) is 42.3 Å². The summed E-state index contributed by atoms with van der Waals surface area (Å²) in [5.74, 6) is 0.180. The highest BCUT2D eigenvalue weighted by atomic mass is 32.2. The van der Waals surface area contributed by atoms with Gasteiger partial charge in [-0.15, -0.1) is 10.2 Å². The van der Waals surface area contributed by atoms with Crippen molar-refractivity contribution < 1.29 is 14.7 Å². The maximum atomic E-state index is 12.4. The molecule has 0 aliphatic heterocycles. The lowest BCUT2D eigenvalue weighted by atomic mass is 9.89. The highest BCUT2D eigenvalue weighted by Crippen LogP contribution is 2.33. The third kappa shape index (κ3) is 4.56. The first-order valence-electron chi connectivity index (χ1n) is 9.97. The van der Waals surface area contributed by atoms with Gasteiger partial charge in [0.25, 0.3) is 0 Å². The Bertz CT molecular complexity index is 1030. The third-order valence-electron chi connectivity index (χ3n) is 5.15. The van der Waals surface area contributed by atoms with E-state index in [-0.39, 0.29) is 17.2 Å². The molecule has 1 aliphatic rings. The van der Waals surface area contributed by atoms with Gasteiger partial charge in [0.15, 0.2) is 5.82 Å². The molecule has 2 aromatic heterocycles. The van der Waals surface area contributed by atoms with Crippen LogP contribution in [0, 0.1) is 0 Å². The van der Waals surface area contributed by atoms with Gasteiger partial charge in [0.2, 0.25) is 11.1 Å². The predicted molar refractivity (Wildman–Crippen MR) is 114 cm³/mol. The smallest absolute Gasteiger partial charge is 0.335 e. The Morgan fingerprint density at radius 3 is 2.60 bits per heavy atom. The van der Waals surface area contributed by atoms with Crippen LogP contribution in [0.25, 0.3) is 0 Å². The molecule has 3 aromatic rings. The Labute approximate surface area is 178 Å². The molecule has 30 heavy (non-hydrogen) atoms. The van der Waals surface area contributed by atoms with E-state index < -0.39 is 5.97 Å². The molecular formula is C21H23N5O3S. The number of carboxylic acid groups (broad SMARTS) is 1. The Balaban J connectivity index is 1.48. The van der Waals surface area contributed by atoms with Gasteiger partial charge in [-0.1, -0.05) is 37.1 Å². The summed E-state index contributed by atoms with van der Waals surface area (Å²) >= 11 is 1.31. The molecular weight excluding hydrogens is 402 g/mol. The highest BCUT2D eigenvalue weighted by molar-refractivity contribution is 7.99. The van der Waals surface area contributed by atoms with Crippen LogP contribution < -0.4 is 5.32 Å². The van der Waals surface area contributed by atoms with Gasteiger partial charge in [-0.25, -0.2) is 9.47 Å². The van der Waals surface area contributed by atoms with Gasteiger partial charge in [-0.2, -0.15) is 0 Å². The van der Waals surface area contributed by atoms with Crippen molar-refractivity contribution >= 4 is 29.3 Å². The lowest BCUT2D eigenvalue weighted by molar-refractivity contribution is -0.113. The molecule has 156 valence electrons. The summed E-state index contributed by atoms with van der Waals surface area (Å²) in [6.07, 6.45) is 9.75. The largest absolute Gasteiger partial charge is 0.478 e. The minimum atomic E-state index is -1.03. The molecule has 0 bridgehead atoms. The first-order chi connectivity index (χ1) is 14.6. The van der Waals surface area contributed by atoms with E-state index in [1.807, 2.05) is 33.9 Å². The number of rotatable bonds is 7. The summed E-state index contributed by atoms with van der Waals surface area (Å²) < 4.78 is 3.93. The third-order valence-corrected chi connectivity index (χ3v) is 6.07. The number of amides is 1. The maximum absolute atomic E-state index is 12.4. The van der Waals surface area contributed by atoms with E-state index in [0.29, 0.717) is 16.8 Å². The van der Waals surface area contributed by atoms with E-state index >= 15 is 0 Å². The quantitative estimate of drug-likeness (QED) is 0.557. The summed E-state index contributed by atoms with van der Waals surface area (Å²) in [5.41, 5.74) is 0.584. The van der Waals surface area contributed by atoms with Crippen LogP contribution >= 0.6 is 11.8 Å². The molecule has 1 amide bonds. The van der Waals surface area contributed by atoms with Crippen molar-refractivity contribution in [3.63, 3.8) is 0 Å². The summed E-state index contributed by atoms with van der Waals surface area (Å²) in [5, 5.41) is 21.3. The van der Waals surface area contributed by atoms with E-state index in [4.69, 9.17) is 5.11 Å². The van der Waals surface area contributed by atoms with Crippen LogP contribution in [0.4, 0.5) is 5.69 Å². The van der Waals surface area contributed by atoms with E-state index in [2.05, 4.69) is 15.5 Å². The Morgan fingerprint density at radius 2 is 1.87 bits per heavy atom. The molecule has 1 aliphatic carbocycles. The maximum Gasteiger partial charge on any atom is 0.335 e. The van der Waals surface area contributed by atoms with Gasteiger partial charge >= 0.3 is 5.97 Å². The van der Waals surface area contributed by atoms with Crippen molar-refractivity contribution in [2.75, 3.05) is 11.1 Å². The number of hydrogen-bond acceptors (Lipinski definition) is 5. The van der Waals surface area contributed by atoms with E-state index in [1.165, 1.54) is 43.2 Å². The zero-order valence-corrected chi connectivity index (χ0v) is 17.2. The number of nitrogens with zero attached hydrogens (tertiary/aromatic N) is 4. The standard InChI is InChI=1S/C21H23N5O3S/c27-18(22-17-10-6-9-16(13-17)20(28)29)14-30-21-24-23-19(15-7-2-1-3-8-15)26(21)25-11-4-5-12-25/h4-6,9-13,15H,1-3,7-8,14H2,(H,22,27)(H,28,29). The van der Waals surface area contributed by atoms with Gasteiger partial charge in [-0.05, 0) is 43.2 Å². The number of benzene rings is 1. The number of nitrogens with one attached hydrogen (secondary N) is 1. The van der Waals surface area contributed by atoms with Gasteiger partial charge < -0.3 is 10.4 Å². The summed E-state index contributed by atoms with van der Waals surface area (Å²) in [7, 11) is 0. The molecule has 2 N–H and O–H groups in total. The topological polar surface area (TPSA) is 102 Å². The Kier molecular flexibility index (Phi) is 6.18. The van der Waals surface area contributed by atoms with Crippen molar-refractivity contribution in [2.45, 2.75) is 43.2 Å². The van der Waals surface area contributed by atoms with Gasteiger partial charge in [0.1, 0.15) is 0 Å². The molecule has 0 spiro atoms. The van der Waals surface area contributed by atoms with Gasteiger partial charge in [0.05, 0.1) is 11.3 Å². The first-order valence-corrected chi connectivity index (χ1v) is 11.0. The predicted octanol–water partition coefficient (Wildman–Crippen LogP) is 3.87. The molecule has 8 nitrogen and oxygen atoms in total. The molecule has 1 aromatic carbocycles. The second kappa shape index (κ2) is 9.17. The highest BCUT2D eigenvalue weighted by Gasteiger charge is 2.24. The van der Waals surface area contributed by atoms with Crippen LogP contribution in [0.1, 0.15) is 54.2 Å². The first kappa shape index (κ1) is 20.2. The van der Waals surface area contributed by atoms with E-state index in [1.54, 1.807) is 12.1 Å². The normalized spacial score (nSPS) is 14.5. The number of thioether (sulfide) groups is 1. The molecule has 2 heterocycles. The fourth-order valence-electron chi connectivity index (χ4n) is 3.72. The van der Waals surface area contributed by atoms with Crippen molar-refractivity contribution in [2.24, 2.45) is 0 Å². The van der Waals surface area contributed by atoms with Crippen molar-refractivity contribution in [1.29, 1.82) is 0 Å². The van der Waals surface area contributed by atoms with Crippen molar-refractivity contribution in [1.82, 2.24) is 19.5 Å². The van der Waals surface area contributed by atoms with Crippen LogP contribution in [0.15, 0.2) is 53.9 Å². The van der Waals surface area contributed by atoms with Crippen LogP contribution in [0.2, 0.25) is 0 Å². The monoisotopic (exact) mass is 425 g/mol. The average Bonchev–Trinajstić information content (AvgIpc) is 3.42. The molecule has 0 radical (unpaired) electrons. The molecule has 1 fully saturated rings. The number of aromatic carboxylic acids is 1. The number of carbonyl (C=O) groups excluding carboxylic acids is 1. The zero-order valence-electron chi connectivity index (χ0n) is 16.4. The minimum absolute atomic E-state index is 0.130. The van der Waals surface area contributed by atoms with Crippen LogP contribution in [-0.2, 0) is 4.79 Å². The number of carboxylic acids is 1. The van der Waals surface area contributed by atoms with E-state index in [0.717, 1.165) is 18.7 Å². The lowest BCUT2D eigenvalue weighted by Crippen LogP contribution is -2.18. The molecule has 1 saturated carbocycles. The number of carbonyl (C=O) groups is 2. The van der Waals surface area contributed by atoms with Gasteiger partial charge in [-0.3, -0.25) is 9.47 Å². The number of anilines is 1. The Hall–Kier alpha value is -3.07. The minimum Gasteiger partial charge on any atom is -0.478 e. The SMILES string of the molecule is O=C(CSc1nnc(C2CCCCC2)n1-n1cccc1)Nc1cccc(C(=O)O)c1. The lowest BCUT2D eigenvalue weighted by Gasteiger charge is -2.22. The van der Waals surface area contributed by atoms with Crippen molar-refractivity contribution in [3.05, 3.63) is 60.2 Å². The van der Waals surface area contributed by atoms with Crippen LogP contribution in [0.5, 0.6) is 0 Å². The van der Waals surface area contributed by atoms with Gasteiger partial charge in [0, 0.05) is 24.0 Å². The molecule has 0 saturated heterocycles. The Morgan fingerprint density at radius 1 is 1.10 bits per heavy atom. The number of hydrogen-bond donors (Lipinski definition) is 2. The summed E-state index contributed by atoms with van der Waals surface area (Å²) in [6, 6.07) is 10.1. The molecule has 0 atom stereocenters. The average molecular weight is 426 g/mol. The fraction of sp³-hybridized carbons (Fsp3) is 0.333. The zero-order chi connectivity index (χ0) is 20.9. The summed E-state index contributed by atoms with van der Waals surface area (Å²) in [6.45, 7) is 0. The van der Waals surface area contributed by atoms with E-state index in [9.17, 15) is 9.59 Å². The van der Waals surface area contributed by atoms with Crippen LogP contribution in [0.3, 0.4) is 0 Å². The fourth-order valence-corrected chi connectivity index (χ4v) is 4.46. The second-order valence-electron chi connectivity index (χ2n) is 7.27. The molecule has 4 rings (SSSR count). The van der Waals surface area contributed by atoms with Crippen molar-refractivity contribution in [3.8, 4) is 0 Å². The molecule has 9 heteroatoms. The second-order valence-corrected chi connectivity index (χ2v) is 8.22. The number of aromatic nitrogens is 4. The summed E-state index contributed by atoms with van der Waals surface area (Å²) in [4.78, 5) is 23.5. The molecule has 0 unspecified atom stereocenters.